The van der Waals surface area contributed by atoms with Gasteiger partial charge in [0.25, 0.3) is 0 Å². The van der Waals surface area contributed by atoms with Gasteiger partial charge in [0.05, 0.1) is 44.1 Å². The van der Waals surface area contributed by atoms with Crippen LogP contribution in [0, 0.1) is 0 Å². The van der Waals surface area contributed by atoms with Crippen LogP contribution >= 0.6 is 0 Å². The van der Waals surface area contributed by atoms with Crippen LogP contribution in [0.5, 0.6) is 0 Å². The molecule has 0 spiro atoms. The number of benzene rings is 9. The highest BCUT2D eigenvalue weighted by Gasteiger charge is 2.24. The van der Waals surface area contributed by atoms with Crippen molar-refractivity contribution in [2.75, 3.05) is 0 Å². The van der Waals surface area contributed by atoms with E-state index >= 15 is 0 Å². The quantitative estimate of drug-likeness (QED) is 0.171. The van der Waals surface area contributed by atoms with Crippen LogP contribution in [0.1, 0.15) is 0 Å². The smallest absolute Gasteiger partial charge is 0.0620 e. The Hall–Kier alpha value is -7.36. The van der Waals surface area contributed by atoms with Crippen LogP contribution in [-0.4, -0.2) is 13.4 Å². The molecule has 0 radical (unpaired) electrons. The molecule has 14 aromatic rings. The van der Waals surface area contributed by atoms with Crippen molar-refractivity contribution in [2.45, 2.75) is 0 Å². The Kier molecular flexibility index (Phi) is 5.01. The highest BCUT2D eigenvalue weighted by atomic mass is 15.0. The van der Waals surface area contributed by atoms with E-state index in [4.69, 9.17) is 0 Å². The van der Waals surface area contributed by atoms with Crippen LogP contribution in [0.2, 0.25) is 0 Å². The number of fused-ring (bicyclic) bond motifs is 17. The first-order valence-corrected chi connectivity index (χ1v) is 19.1. The molecule has 0 aliphatic heterocycles. The van der Waals surface area contributed by atoms with E-state index in [1.807, 2.05) is 0 Å². The zero-order valence-electron chi connectivity index (χ0n) is 29.6. The maximum atomic E-state index is 2.57. The maximum Gasteiger partial charge on any atom is 0.0620 e. The van der Waals surface area contributed by atoms with E-state index in [1.165, 1.54) is 126 Å². The van der Waals surface area contributed by atoms with Crippen molar-refractivity contribution in [3.05, 3.63) is 176 Å². The van der Waals surface area contributed by atoms with Gasteiger partial charge in [0.1, 0.15) is 0 Å². The second-order valence-corrected chi connectivity index (χ2v) is 15.3. The standard InChI is InChI=1S/C52H29N3/c1-2-12-32(13-3-1)53-44-22-7-6-15-35(44)41-27-31(24-25-45(41)53)34-16-8-17-36-37-18-9-19-38-43-28-47-42(29-48(43)55(50(34)36)51(37)38)39-20-10-21-40-49-33-14-5-4-11-30(33)23-26-46(49)54(47)52(39)40/h1-29H. The average molecular weight is 696 g/mol. The number of nitrogens with zero attached hydrogens (tertiary/aromatic N) is 3. The van der Waals surface area contributed by atoms with Crippen LogP contribution in [0.25, 0.3) is 126 Å². The van der Waals surface area contributed by atoms with E-state index < -0.39 is 0 Å². The Balaban J connectivity index is 1.10. The van der Waals surface area contributed by atoms with Gasteiger partial charge >= 0.3 is 0 Å². The van der Waals surface area contributed by atoms with Crippen molar-refractivity contribution < 1.29 is 0 Å². The fourth-order valence-electron chi connectivity index (χ4n) is 10.5. The third-order valence-corrected chi connectivity index (χ3v) is 12.7. The van der Waals surface area contributed by atoms with E-state index in [9.17, 15) is 0 Å². The fourth-order valence-corrected chi connectivity index (χ4v) is 10.5. The minimum atomic E-state index is 1.18. The predicted octanol–water partition coefficient (Wildman–Crippen LogP) is 13.9. The summed E-state index contributed by atoms with van der Waals surface area (Å²) in [5.41, 5.74) is 13.8. The highest BCUT2D eigenvalue weighted by molar-refractivity contribution is 6.32. The summed E-state index contributed by atoms with van der Waals surface area (Å²) in [5, 5.41) is 15.6. The molecule has 9 aromatic carbocycles. The molecule has 0 aliphatic rings. The largest absolute Gasteiger partial charge is 0.309 e. The maximum absolute atomic E-state index is 2.57. The van der Waals surface area contributed by atoms with Crippen LogP contribution in [-0.2, 0) is 0 Å². The van der Waals surface area contributed by atoms with Crippen LogP contribution in [0.3, 0.4) is 0 Å². The number of para-hydroxylation sites is 5. The summed E-state index contributed by atoms with van der Waals surface area (Å²) in [6.07, 6.45) is 0. The molecule has 0 saturated heterocycles. The summed E-state index contributed by atoms with van der Waals surface area (Å²) in [6.45, 7) is 0. The van der Waals surface area contributed by atoms with Gasteiger partial charge in [-0.3, -0.25) is 0 Å². The monoisotopic (exact) mass is 695 g/mol. The highest BCUT2D eigenvalue weighted by Crippen LogP contribution is 2.47. The molecule has 14 rings (SSSR count). The third kappa shape index (κ3) is 3.35. The lowest BCUT2D eigenvalue weighted by atomic mass is 9.99. The van der Waals surface area contributed by atoms with Crippen molar-refractivity contribution in [3.8, 4) is 16.8 Å². The molecule has 55 heavy (non-hydrogen) atoms. The predicted molar refractivity (Wildman–Crippen MR) is 233 cm³/mol. The van der Waals surface area contributed by atoms with E-state index in [2.05, 4.69) is 189 Å². The van der Waals surface area contributed by atoms with Gasteiger partial charge < -0.3 is 13.4 Å². The number of hydrogen-bond acceptors (Lipinski definition) is 0. The van der Waals surface area contributed by atoms with Gasteiger partial charge in [-0.2, -0.15) is 0 Å². The van der Waals surface area contributed by atoms with E-state index in [1.54, 1.807) is 0 Å². The Morgan fingerprint density at radius 2 is 0.855 bits per heavy atom. The minimum absolute atomic E-state index is 1.18. The fraction of sp³-hybridized carbons (Fsp3) is 0. The molecule has 0 aliphatic carbocycles. The number of rotatable bonds is 2. The summed E-state index contributed by atoms with van der Waals surface area (Å²) in [7, 11) is 0. The van der Waals surface area contributed by atoms with Crippen LogP contribution in [0.15, 0.2) is 176 Å². The molecular weight excluding hydrogens is 667 g/mol. The van der Waals surface area contributed by atoms with Crippen molar-refractivity contribution in [1.82, 2.24) is 13.4 Å². The molecule has 5 heterocycles. The van der Waals surface area contributed by atoms with E-state index in [0.717, 1.165) is 0 Å². The topological polar surface area (TPSA) is 13.8 Å². The SMILES string of the molecule is c1ccc(-n2c3ccccc3c3cc(-c4cccc5c6cccc7c8cc9c(cc8n(c45)c76)c4cccc5c6c7ccccc7ccc6n9c45)ccc32)cc1. The second kappa shape index (κ2) is 9.79. The first-order valence-electron chi connectivity index (χ1n) is 19.1. The first-order chi connectivity index (χ1) is 27.3. The summed E-state index contributed by atoms with van der Waals surface area (Å²) < 4.78 is 7.49. The summed E-state index contributed by atoms with van der Waals surface area (Å²) in [4.78, 5) is 0. The Morgan fingerprint density at radius 3 is 1.67 bits per heavy atom. The van der Waals surface area contributed by atoms with Crippen molar-refractivity contribution >= 4 is 109 Å². The molecule has 5 aromatic heterocycles. The normalized spacial score (nSPS) is 12.7. The number of hydrogen-bond donors (Lipinski definition) is 0. The Labute approximate surface area is 313 Å². The average Bonchev–Trinajstić information content (AvgIpc) is 4.03. The molecule has 0 saturated carbocycles. The zero-order chi connectivity index (χ0) is 35.5. The molecule has 0 bridgehead atoms. The molecule has 0 fully saturated rings. The van der Waals surface area contributed by atoms with Crippen molar-refractivity contribution in [2.24, 2.45) is 0 Å². The van der Waals surface area contributed by atoms with Crippen LogP contribution in [0.4, 0.5) is 0 Å². The summed E-state index contributed by atoms with van der Waals surface area (Å²) >= 11 is 0. The molecule has 0 unspecified atom stereocenters. The van der Waals surface area contributed by atoms with Gasteiger partial charge in [0.15, 0.2) is 0 Å². The minimum Gasteiger partial charge on any atom is -0.309 e. The van der Waals surface area contributed by atoms with E-state index in [0.29, 0.717) is 0 Å². The number of aromatic nitrogens is 3. The first kappa shape index (κ1) is 28.2. The molecule has 3 nitrogen and oxygen atoms in total. The molecular formula is C52H29N3. The van der Waals surface area contributed by atoms with Gasteiger partial charge in [-0.25, -0.2) is 0 Å². The Morgan fingerprint density at radius 1 is 0.291 bits per heavy atom. The lowest BCUT2D eigenvalue weighted by molar-refractivity contribution is 1.18. The van der Waals surface area contributed by atoms with E-state index in [-0.39, 0.29) is 0 Å². The third-order valence-electron chi connectivity index (χ3n) is 12.7. The van der Waals surface area contributed by atoms with Crippen molar-refractivity contribution in [1.29, 1.82) is 0 Å². The summed E-state index contributed by atoms with van der Waals surface area (Å²) in [6, 6.07) is 65.5. The molecule has 0 N–H and O–H groups in total. The van der Waals surface area contributed by atoms with Crippen molar-refractivity contribution in [3.63, 3.8) is 0 Å². The Bertz CT molecular complexity index is 3930. The lowest BCUT2D eigenvalue weighted by Gasteiger charge is -2.09. The zero-order valence-corrected chi connectivity index (χ0v) is 29.6. The summed E-state index contributed by atoms with van der Waals surface area (Å²) in [5.74, 6) is 0. The van der Waals surface area contributed by atoms with Gasteiger partial charge in [0, 0.05) is 65.1 Å². The van der Waals surface area contributed by atoms with Crippen LogP contribution < -0.4 is 0 Å². The molecule has 3 heteroatoms. The molecule has 252 valence electrons. The second-order valence-electron chi connectivity index (χ2n) is 15.3. The van der Waals surface area contributed by atoms with Gasteiger partial charge in [-0.05, 0) is 64.9 Å². The van der Waals surface area contributed by atoms with Gasteiger partial charge in [0.2, 0.25) is 0 Å². The lowest BCUT2D eigenvalue weighted by Crippen LogP contribution is -1.93. The van der Waals surface area contributed by atoms with Gasteiger partial charge in [-0.15, -0.1) is 0 Å². The van der Waals surface area contributed by atoms with Gasteiger partial charge in [-0.1, -0.05) is 127 Å². The molecule has 0 atom stereocenters. The molecule has 0 amide bonds.